The molecule has 0 radical (unpaired) electrons. The van der Waals surface area contributed by atoms with E-state index in [1.54, 1.807) is 6.07 Å². The lowest BCUT2D eigenvalue weighted by Crippen LogP contribution is -2.31. The Morgan fingerprint density at radius 2 is 1.50 bits per heavy atom. The van der Waals surface area contributed by atoms with E-state index in [1.165, 1.54) is 6.07 Å². The van der Waals surface area contributed by atoms with Gasteiger partial charge in [0.15, 0.2) is 16.5 Å². The molecule has 3 aromatic rings. The van der Waals surface area contributed by atoms with Crippen LogP contribution in [-0.4, -0.2) is 18.4 Å². The molecule has 6 heteroatoms. The van der Waals surface area contributed by atoms with Crippen molar-refractivity contribution in [2.75, 3.05) is 6.54 Å². The lowest BCUT2D eigenvalue weighted by Gasteiger charge is -2.19. The van der Waals surface area contributed by atoms with E-state index in [9.17, 15) is 9.59 Å². The highest BCUT2D eigenvalue weighted by Gasteiger charge is 2.20. The van der Waals surface area contributed by atoms with Crippen LogP contribution in [0.4, 0.5) is 0 Å². The normalized spacial score (nSPS) is 10.5. The third kappa shape index (κ3) is 4.61. The molecule has 0 fully saturated rings. The summed E-state index contributed by atoms with van der Waals surface area (Å²) >= 11 is 3.13. The molecule has 0 atom stereocenters. The molecule has 1 N–H and O–H groups in total. The van der Waals surface area contributed by atoms with Crippen molar-refractivity contribution in [3.8, 4) is 0 Å². The number of benzene rings is 2. The quantitative estimate of drug-likeness (QED) is 0.617. The molecule has 1 aromatic heterocycles. The molecule has 0 aliphatic carbocycles. The Morgan fingerprint density at radius 1 is 0.923 bits per heavy atom. The molecule has 1 heterocycles. The number of nitrogens with one attached hydrogen (secondary N) is 1. The molecule has 0 spiro atoms. The van der Waals surface area contributed by atoms with Gasteiger partial charge in [0.05, 0.1) is 0 Å². The van der Waals surface area contributed by atoms with Gasteiger partial charge in [-0.25, -0.2) is 0 Å². The fourth-order valence-electron chi connectivity index (χ4n) is 2.43. The van der Waals surface area contributed by atoms with Gasteiger partial charge in [-0.15, -0.1) is 0 Å². The molecular weight excluding hydrogens is 398 g/mol. The molecule has 2 aromatic carbocycles. The smallest absolute Gasteiger partial charge is 0.326 e. The highest BCUT2D eigenvalue weighted by Crippen LogP contribution is 2.25. The summed E-state index contributed by atoms with van der Waals surface area (Å²) < 4.78 is 11.2. The van der Waals surface area contributed by atoms with Crippen molar-refractivity contribution in [1.29, 1.82) is 0 Å². The van der Waals surface area contributed by atoms with Crippen LogP contribution in [0.2, 0.25) is 0 Å². The van der Waals surface area contributed by atoms with E-state index in [0.717, 1.165) is 11.1 Å². The fourth-order valence-corrected chi connectivity index (χ4v) is 2.74. The molecule has 0 saturated carbocycles. The van der Waals surface area contributed by atoms with Gasteiger partial charge in [0.2, 0.25) is 0 Å². The highest BCUT2D eigenvalue weighted by atomic mass is 79.9. The van der Waals surface area contributed by atoms with Gasteiger partial charge in [-0.3, -0.25) is 9.59 Å². The second-order valence-electron chi connectivity index (χ2n) is 5.48. The van der Waals surface area contributed by atoms with E-state index in [2.05, 4.69) is 21.2 Å². The lowest BCUT2D eigenvalue weighted by atomic mass is 10.0. The number of halogens is 1. The number of amides is 1. The predicted molar refractivity (Wildman–Crippen MR) is 99.6 cm³/mol. The Hall–Kier alpha value is -2.86. The lowest BCUT2D eigenvalue weighted by molar-refractivity contribution is -0.146. The van der Waals surface area contributed by atoms with Crippen molar-refractivity contribution in [2.24, 2.45) is 0 Å². The molecule has 132 valence electrons. The standard InChI is InChI=1S/C20H16BrNO4/c21-17-12-11-16(25-17)20(24)22-13-18(23)26-19(14-7-3-1-4-8-14)15-9-5-2-6-10-15/h1-12,19H,13H2,(H,22,24). The van der Waals surface area contributed by atoms with Crippen LogP contribution in [0, 0.1) is 0 Å². The third-order valence-electron chi connectivity index (χ3n) is 3.64. The number of carbonyl (C=O) groups is 2. The average molecular weight is 414 g/mol. The first kappa shape index (κ1) is 17.9. The molecular formula is C20H16BrNO4. The molecule has 3 rings (SSSR count). The summed E-state index contributed by atoms with van der Waals surface area (Å²) in [6, 6.07) is 22.0. The largest absolute Gasteiger partial charge is 0.451 e. The number of hydrogen-bond donors (Lipinski definition) is 1. The van der Waals surface area contributed by atoms with Crippen molar-refractivity contribution in [1.82, 2.24) is 5.32 Å². The minimum atomic E-state index is -0.542. The zero-order valence-corrected chi connectivity index (χ0v) is 15.3. The van der Waals surface area contributed by atoms with Crippen molar-refractivity contribution in [3.05, 3.63) is 94.4 Å². The molecule has 0 aliphatic heterocycles. The summed E-state index contributed by atoms with van der Waals surface area (Å²) in [4.78, 5) is 24.2. The number of rotatable bonds is 6. The summed E-state index contributed by atoms with van der Waals surface area (Å²) in [5, 5.41) is 2.49. The van der Waals surface area contributed by atoms with Crippen LogP contribution in [0.1, 0.15) is 27.8 Å². The van der Waals surface area contributed by atoms with Crippen LogP contribution in [0.5, 0.6) is 0 Å². The van der Waals surface area contributed by atoms with Gasteiger partial charge in [0.25, 0.3) is 5.91 Å². The van der Waals surface area contributed by atoms with Crippen molar-refractivity contribution < 1.29 is 18.7 Å². The molecule has 0 unspecified atom stereocenters. The Balaban J connectivity index is 1.67. The molecule has 0 aliphatic rings. The van der Waals surface area contributed by atoms with E-state index in [4.69, 9.17) is 9.15 Å². The predicted octanol–water partition coefficient (Wildman–Crippen LogP) is 4.10. The van der Waals surface area contributed by atoms with Crippen molar-refractivity contribution in [3.63, 3.8) is 0 Å². The molecule has 26 heavy (non-hydrogen) atoms. The number of hydrogen-bond acceptors (Lipinski definition) is 4. The number of esters is 1. The van der Waals surface area contributed by atoms with Gasteiger partial charge < -0.3 is 14.5 Å². The summed E-state index contributed by atoms with van der Waals surface area (Å²) in [7, 11) is 0. The highest BCUT2D eigenvalue weighted by molar-refractivity contribution is 9.10. The second-order valence-corrected chi connectivity index (χ2v) is 6.26. The zero-order valence-electron chi connectivity index (χ0n) is 13.7. The number of furan rings is 1. The number of ether oxygens (including phenoxy) is 1. The maximum Gasteiger partial charge on any atom is 0.326 e. The van der Waals surface area contributed by atoms with Gasteiger partial charge >= 0.3 is 5.97 Å². The molecule has 1 amide bonds. The maximum atomic E-state index is 12.3. The minimum Gasteiger partial charge on any atom is -0.451 e. The monoisotopic (exact) mass is 413 g/mol. The molecule has 0 bridgehead atoms. The van der Waals surface area contributed by atoms with Gasteiger partial charge in [-0.1, -0.05) is 60.7 Å². The van der Waals surface area contributed by atoms with E-state index in [-0.39, 0.29) is 12.3 Å². The first-order chi connectivity index (χ1) is 12.6. The van der Waals surface area contributed by atoms with E-state index in [0.29, 0.717) is 4.67 Å². The Morgan fingerprint density at radius 3 is 2.00 bits per heavy atom. The van der Waals surface area contributed by atoms with Gasteiger partial charge in [0.1, 0.15) is 6.54 Å². The van der Waals surface area contributed by atoms with Crippen LogP contribution in [-0.2, 0) is 9.53 Å². The zero-order chi connectivity index (χ0) is 18.4. The summed E-state index contributed by atoms with van der Waals surface area (Å²) in [5.41, 5.74) is 1.71. The van der Waals surface area contributed by atoms with E-state index >= 15 is 0 Å². The summed E-state index contributed by atoms with van der Waals surface area (Å²) in [5.74, 6) is -0.905. The van der Waals surface area contributed by atoms with Gasteiger partial charge in [-0.05, 0) is 39.2 Å². The van der Waals surface area contributed by atoms with Crippen molar-refractivity contribution >= 4 is 27.8 Å². The molecule has 0 saturated heterocycles. The van der Waals surface area contributed by atoms with Crippen LogP contribution >= 0.6 is 15.9 Å². The molecule has 5 nitrogen and oxygen atoms in total. The van der Waals surface area contributed by atoms with Gasteiger partial charge in [0, 0.05) is 0 Å². The van der Waals surface area contributed by atoms with E-state index < -0.39 is 18.0 Å². The minimum absolute atomic E-state index is 0.118. The summed E-state index contributed by atoms with van der Waals surface area (Å²) in [6.07, 6.45) is -0.542. The summed E-state index contributed by atoms with van der Waals surface area (Å²) in [6.45, 7) is -0.257. The first-order valence-corrected chi connectivity index (χ1v) is 8.75. The Labute approximate surface area is 159 Å². The maximum absolute atomic E-state index is 12.3. The topological polar surface area (TPSA) is 68.5 Å². The van der Waals surface area contributed by atoms with E-state index in [1.807, 2.05) is 60.7 Å². The third-order valence-corrected chi connectivity index (χ3v) is 4.07. The van der Waals surface area contributed by atoms with Crippen LogP contribution in [0.25, 0.3) is 0 Å². The first-order valence-electron chi connectivity index (χ1n) is 7.96. The Kier molecular flexibility index (Phi) is 5.86. The van der Waals surface area contributed by atoms with Crippen LogP contribution in [0.15, 0.2) is 81.9 Å². The van der Waals surface area contributed by atoms with Crippen LogP contribution in [0.3, 0.4) is 0 Å². The van der Waals surface area contributed by atoms with Crippen LogP contribution < -0.4 is 5.32 Å². The average Bonchev–Trinajstić information content (AvgIpc) is 3.12. The number of carbonyl (C=O) groups excluding carboxylic acids is 2. The van der Waals surface area contributed by atoms with Crippen molar-refractivity contribution in [2.45, 2.75) is 6.10 Å². The second kappa shape index (κ2) is 8.49. The fraction of sp³-hybridized carbons (Fsp3) is 0.100. The van der Waals surface area contributed by atoms with Gasteiger partial charge in [-0.2, -0.15) is 0 Å². The SMILES string of the molecule is O=C(CNC(=O)c1ccc(Br)o1)OC(c1ccccc1)c1ccccc1. The Bertz CT molecular complexity index is 838.